The number of hydrogen-bond donors (Lipinski definition) is 0. The van der Waals surface area contributed by atoms with Gasteiger partial charge in [0.05, 0.1) is 10.6 Å². The fourth-order valence-electron chi connectivity index (χ4n) is 3.40. The van der Waals surface area contributed by atoms with E-state index in [-0.39, 0.29) is 5.91 Å². The minimum atomic E-state index is -0.131. The predicted octanol–water partition coefficient (Wildman–Crippen LogP) is 6.51. The van der Waals surface area contributed by atoms with E-state index in [4.69, 9.17) is 16.6 Å². The minimum absolute atomic E-state index is 0.131. The highest BCUT2D eigenvalue weighted by Crippen LogP contribution is 2.39. The zero-order valence-corrected chi connectivity index (χ0v) is 16.9. The molecule has 4 aromatic rings. The maximum Gasteiger partial charge on any atom is 0.270 e. The van der Waals surface area contributed by atoms with Crippen LogP contribution in [0.3, 0.4) is 0 Å². The van der Waals surface area contributed by atoms with Gasteiger partial charge in [-0.1, -0.05) is 90.7 Å². The molecule has 0 atom stereocenters. The summed E-state index contributed by atoms with van der Waals surface area (Å²) in [4.78, 5) is 15.3. The Kier molecular flexibility index (Phi) is 4.54. The van der Waals surface area contributed by atoms with Gasteiger partial charge in [0.2, 0.25) is 0 Å². The monoisotopic (exact) mass is 413 g/mol. The third-order valence-electron chi connectivity index (χ3n) is 4.76. The third kappa shape index (κ3) is 3.28. The first-order chi connectivity index (χ1) is 14.2. The Hall–Kier alpha value is -3.15. The van der Waals surface area contributed by atoms with Crippen molar-refractivity contribution in [2.75, 3.05) is 4.90 Å². The predicted molar refractivity (Wildman–Crippen MR) is 124 cm³/mol. The number of nitrogens with zero attached hydrogens (tertiary/aromatic N) is 1. The van der Waals surface area contributed by atoms with Gasteiger partial charge in [-0.15, -0.1) is 0 Å². The van der Waals surface area contributed by atoms with Crippen LogP contribution in [-0.2, 0) is 4.79 Å². The van der Waals surface area contributed by atoms with Crippen LogP contribution in [-0.4, -0.2) is 10.2 Å². The van der Waals surface area contributed by atoms with Crippen LogP contribution in [0.15, 0.2) is 94.3 Å². The molecule has 1 saturated heterocycles. The van der Waals surface area contributed by atoms with Gasteiger partial charge >= 0.3 is 0 Å². The lowest BCUT2D eigenvalue weighted by Gasteiger charge is -2.17. The van der Waals surface area contributed by atoms with Gasteiger partial charge in [-0.05, 0) is 23.6 Å². The normalized spacial score (nSPS) is 15.6. The van der Waals surface area contributed by atoms with E-state index < -0.39 is 0 Å². The van der Waals surface area contributed by atoms with Crippen LogP contribution in [0.5, 0.6) is 0 Å². The first-order valence-corrected chi connectivity index (χ1v) is 10.3. The topological polar surface area (TPSA) is 33.5 Å². The van der Waals surface area contributed by atoms with E-state index in [9.17, 15) is 4.79 Å². The van der Waals surface area contributed by atoms with E-state index in [1.165, 1.54) is 11.8 Å². The zero-order chi connectivity index (χ0) is 19.8. The summed E-state index contributed by atoms with van der Waals surface area (Å²) in [7, 11) is 0. The summed E-state index contributed by atoms with van der Waals surface area (Å²) in [5.74, 6) is 1.26. The number of amides is 1. The van der Waals surface area contributed by atoms with Gasteiger partial charge in [-0.25, -0.2) is 0 Å². The Bertz CT molecular complexity index is 1270. The molecule has 2 heterocycles. The fourth-order valence-corrected chi connectivity index (χ4v) is 4.66. The van der Waals surface area contributed by atoms with E-state index in [1.54, 1.807) is 11.0 Å². The first-order valence-electron chi connectivity index (χ1n) is 9.12. The number of anilines is 1. The van der Waals surface area contributed by atoms with Gasteiger partial charge < -0.3 is 4.42 Å². The molecular formula is C24H15NO2S2. The fraction of sp³-hybridized carbons (Fsp3) is 0. The molecule has 1 aromatic heterocycles. The second kappa shape index (κ2) is 7.35. The van der Waals surface area contributed by atoms with E-state index >= 15 is 0 Å². The second-order valence-corrected chi connectivity index (χ2v) is 8.26. The Balaban J connectivity index is 1.49. The summed E-state index contributed by atoms with van der Waals surface area (Å²) in [5.41, 5.74) is 1.80. The van der Waals surface area contributed by atoms with Crippen molar-refractivity contribution in [2.24, 2.45) is 0 Å². The smallest absolute Gasteiger partial charge is 0.270 e. The largest absolute Gasteiger partial charge is 0.457 e. The molecule has 0 spiro atoms. The van der Waals surface area contributed by atoms with Gasteiger partial charge in [0, 0.05) is 17.0 Å². The molecular weight excluding hydrogens is 398 g/mol. The molecule has 0 aliphatic carbocycles. The molecule has 0 bridgehead atoms. The van der Waals surface area contributed by atoms with Crippen LogP contribution in [0.1, 0.15) is 5.76 Å². The van der Waals surface area contributed by atoms with Crippen molar-refractivity contribution in [3.8, 4) is 11.3 Å². The van der Waals surface area contributed by atoms with Crippen molar-refractivity contribution in [1.82, 2.24) is 0 Å². The minimum Gasteiger partial charge on any atom is -0.457 e. The lowest BCUT2D eigenvalue weighted by molar-refractivity contribution is -0.113. The molecule has 29 heavy (non-hydrogen) atoms. The van der Waals surface area contributed by atoms with Crippen molar-refractivity contribution in [2.45, 2.75) is 0 Å². The highest BCUT2D eigenvalue weighted by Gasteiger charge is 2.34. The maximum atomic E-state index is 13.1. The van der Waals surface area contributed by atoms with Gasteiger partial charge in [-0.2, -0.15) is 0 Å². The molecule has 1 amide bonds. The van der Waals surface area contributed by atoms with Gasteiger partial charge in [0.25, 0.3) is 5.91 Å². The number of benzene rings is 3. The number of fused-ring (bicyclic) bond motifs is 1. The Morgan fingerprint density at radius 1 is 0.862 bits per heavy atom. The molecule has 5 rings (SSSR count). The second-order valence-electron chi connectivity index (χ2n) is 6.58. The molecule has 0 N–H and O–H groups in total. The molecule has 3 aromatic carbocycles. The molecule has 140 valence electrons. The molecule has 0 saturated carbocycles. The number of rotatable bonds is 3. The SMILES string of the molecule is O=C1/C(=C\c2ccc(-c3ccccc3)o2)SC(=S)N1c1cccc2ccccc12. The van der Waals surface area contributed by atoms with Crippen LogP contribution >= 0.6 is 24.0 Å². The number of carbonyl (C=O) groups excluding carboxylic acids is 1. The molecule has 1 fully saturated rings. The summed E-state index contributed by atoms with van der Waals surface area (Å²) >= 11 is 6.83. The number of thioether (sulfide) groups is 1. The maximum absolute atomic E-state index is 13.1. The van der Waals surface area contributed by atoms with Crippen LogP contribution in [0.4, 0.5) is 5.69 Å². The molecule has 3 nitrogen and oxygen atoms in total. The highest BCUT2D eigenvalue weighted by molar-refractivity contribution is 8.27. The Morgan fingerprint density at radius 2 is 1.62 bits per heavy atom. The molecule has 1 aliphatic rings. The van der Waals surface area contributed by atoms with Gasteiger partial charge in [0.1, 0.15) is 11.5 Å². The van der Waals surface area contributed by atoms with E-state index in [1.807, 2.05) is 84.9 Å². The highest BCUT2D eigenvalue weighted by atomic mass is 32.2. The van der Waals surface area contributed by atoms with Crippen molar-refractivity contribution in [3.63, 3.8) is 0 Å². The van der Waals surface area contributed by atoms with Crippen molar-refractivity contribution in [3.05, 3.63) is 95.6 Å². The van der Waals surface area contributed by atoms with Gasteiger partial charge in [-0.3, -0.25) is 9.69 Å². The molecule has 5 heteroatoms. The lowest BCUT2D eigenvalue weighted by atomic mass is 10.1. The van der Waals surface area contributed by atoms with Crippen LogP contribution in [0, 0.1) is 0 Å². The van der Waals surface area contributed by atoms with Crippen LogP contribution in [0.2, 0.25) is 0 Å². The van der Waals surface area contributed by atoms with E-state index in [2.05, 4.69) is 0 Å². The summed E-state index contributed by atoms with van der Waals surface area (Å²) in [5, 5.41) is 2.07. The lowest BCUT2D eigenvalue weighted by Crippen LogP contribution is -2.27. The summed E-state index contributed by atoms with van der Waals surface area (Å²) < 4.78 is 6.44. The Labute approximate surface area is 177 Å². The van der Waals surface area contributed by atoms with Crippen LogP contribution in [0.25, 0.3) is 28.2 Å². The standard InChI is InChI=1S/C24H15NO2S2/c26-23-22(15-18-13-14-21(27-18)17-8-2-1-3-9-17)29-24(28)25(23)20-12-6-10-16-7-4-5-11-19(16)20/h1-15H/b22-15+. The first kappa shape index (κ1) is 17.9. The van der Waals surface area contributed by atoms with Crippen molar-refractivity contribution in [1.29, 1.82) is 0 Å². The van der Waals surface area contributed by atoms with Crippen LogP contribution < -0.4 is 4.90 Å². The van der Waals surface area contributed by atoms with Gasteiger partial charge in [0.15, 0.2) is 4.32 Å². The van der Waals surface area contributed by atoms with Crippen molar-refractivity contribution < 1.29 is 9.21 Å². The molecule has 1 aliphatic heterocycles. The molecule has 0 unspecified atom stereocenters. The zero-order valence-electron chi connectivity index (χ0n) is 15.2. The summed E-state index contributed by atoms with van der Waals surface area (Å²) in [6.07, 6.45) is 1.76. The van der Waals surface area contributed by atoms with Crippen molar-refractivity contribution >= 4 is 56.7 Å². The number of hydrogen-bond acceptors (Lipinski definition) is 4. The summed E-state index contributed by atoms with van der Waals surface area (Å²) in [6.45, 7) is 0. The average Bonchev–Trinajstić information content (AvgIpc) is 3.33. The average molecular weight is 414 g/mol. The Morgan fingerprint density at radius 3 is 2.48 bits per heavy atom. The number of thiocarbonyl (C=S) groups is 1. The third-order valence-corrected chi connectivity index (χ3v) is 6.06. The molecule has 0 radical (unpaired) electrons. The quantitative estimate of drug-likeness (QED) is 0.283. The van der Waals surface area contributed by atoms with E-state index in [0.717, 1.165) is 27.8 Å². The number of furan rings is 1. The summed E-state index contributed by atoms with van der Waals surface area (Å²) in [6, 6.07) is 27.5. The number of carbonyl (C=O) groups is 1. The van der Waals surface area contributed by atoms with E-state index in [0.29, 0.717) is 15.0 Å².